The lowest BCUT2D eigenvalue weighted by atomic mass is 10.2. The van der Waals surface area contributed by atoms with Gasteiger partial charge in [-0.3, -0.25) is 9.30 Å². The predicted octanol–water partition coefficient (Wildman–Crippen LogP) is 1.76. The van der Waals surface area contributed by atoms with Crippen LogP contribution >= 0.6 is 0 Å². The van der Waals surface area contributed by atoms with Gasteiger partial charge in [-0.2, -0.15) is 0 Å². The monoisotopic (exact) mass is 432 g/mol. The van der Waals surface area contributed by atoms with Crippen molar-refractivity contribution in [1.29, 1.82) is 0 Å². The van der Waals surface area contributed by atoms with Gasteiger partial charge in [-0.25, -0.2) is 8.42 Å². The Bertz CT molecular complexity index is 1010. The van der Waals surface area contributed by atoms with Crippen LogP contribution in [0, 0.1) is 0 Å². The second-order valence-electron chi connectivity index (χ2n) is 6.80. The molecule has 2 aromatic rings. The van der Waals surface area contributed by atoms with E-state index in [1.807, 2.05) is 42.5 Å². The van der Waals surface area contributed by atoms with Gasteiger partial charge in [0.1, 0.15) is 11.5 Å². The van der Waals surface area contributed by atoms with Crippen molar-refractivity contribution >= 4 is 21.7 Å². The molecular weight excluding hydrogens is 404 g/mol. The summed E-state index contributed by atoms with van der Waals surface area (Å²) in [6, 6.07) is 13.2. The minimum Gasteiger partial charge on any atom is -0.497 e. The molecule has 162 valence electrons. The summed E-state index contributed by atoms with van der Waals surface area (Å²) in [7, 11) is 1.44. The lowest BCUT2D eigenvalue weighted by molar-refractivity contribution is 0.390. The maximum atomic E-state index is 12.8. The van der Waals surface area contributed by atoms with Crippen molar-refractivity contribution in [2.75, 3.05) is 44.4 Å². The van der Waals surface area contributed by atoms with Crippen LogP contribution in [0.25, 0.3) is 0 Å². The normalized spacial score (nSPS) is 13.7. The Morgan fingerprint density at radius 3 is 2.67 bits per heavy atom. The summed E-state index contributed by atoms with van der Waals surface area (Å²) in [4.78, 5) is 4.17. The van der Waals surface area contributed by atoms with Crippen LogP contribution in [0.2, 0.25) is 0 Å². The zero-order valence-electron chi connectivity index (χ0n) is 17.5. The number of hydrogen-bond donors (Lipinski definition) is 2. The number of aliphatic imine (C=N–C) groups is 1. The van der Waals surface area contributed by atoms with Gasteiger partial charge in [-0.15, -0.1) is 0 Å². The lowest BCUT2D eigenvalue weighted by Crippen LogP contribution is -2.41. The van der Waals surface area contributed by atoms with Crippen molar-refractivity contribution in [3.63, 3.8) is 0 Å². The molecule has 1 heterocycles. The summed E-state index contributed by atoms with van der Waals surface area (Å²) in [6.45, 7) is 1.21. The summed E-state index contributed by atoms with van der Waals surface area (Å²) < 4.78 is 37.7. The molecule has 0 radical (unpaired) electrons. The average Bonchev–Trinajstić information content (AvgIpc) is 3.21. The van der Waals surface area contributed by atoms with Crippen LogP contribution < -0.4 is 24.4 Å². The first-order valence-electron chi connectivity index (χ1n) is 9.72. The van der Waals surface area contributed by atoms with Gasteiger partial charge in [-0.1, -0.05) is 18.2 Å². The number of ether oxygens (including phenoxy) is 2. The Balaban J connectivity index is 1.54. The molecule has 8 nitrogen and oxygen atoms in total. The first-order valence-corrected chi connectivity index (χ1v) is 11.3. The number of nitrogens with one attached hydrogen (secondary N) is 2. The number of rotatable bonds is 8. The van der Waals surface area contributed by atoms with Crippen LogP contribution in [-0.2, 0) is 23.0 Å². The van der Waals surface area contributed by atoms with Crippen LogP contribution in [0.3, 0.4) is 0 Å². The standard InChI is InChI=1S/C21H28N4O4S/c1-22-21(24-15-17-8-9-18(28-2)14-20(17)29-3)23-11-13-30(26,27)25-12-10-16-6-4-5-7-19(16)25/h4-9,14H,10-13,15H2,1-3H3,(H2,22,23,24). The van der Waals surface area contributed by atoms with Gasteiger partial charge in [-0.05, 0) is 30.2 Å². The molecule has 0 saturated carbocycles. The van der Waals surface area contributed by atoms with Crippen molar-refractivity contribution in [3.8, 4) is 11.5 Å². The minimum atomic E-state index is -3.41. The molecule has 0 aliphatic carbocycles. The fraction of sp³-hybridized carbons (Fsp3) is 0.381. The smallest absolute Gasteiger partial charge is 0.236 e. The maximum Gasteiger partial charge on any atom is 0.236 e. The molecule has 0 fully saturated rings. The summed E-state index contributed by atoms with van der Waals surface area (Å²) in [5.41, 5.74) is 2.79. The highest BCUT2D eigenvalue weighted by atomic mass is 32.2. The van der Waals surface area contributed by atoms with Gasteiger partial charge in [0, 0.05) is 38.3 Å². The minimum absolute atomic E-state index is 0.0199. The number of nitrogens with zero attached hydrogens (tertiary/aromatic N) is 2. The molecule has 2 N–H and O–H groups in total. The van der Waals surface area contributed by atoms with Gasteiger partial charge < -0.3 is 20.1 Å². The third-order valence-corrected chi connectivity index (χ3v) is 6.77. The topological polar surface area (TPSA) is 92.3 Å². The molecule has 0 atom stereocenters. The van der Waals surface area contributed by atoms with Crippen molar-refractivity contribution < 1.29 is 17.9 Å². The van der Waals surface area contributed by atoms with Gasteiger partial charge in [0.15, 0.2) is 5.96 Å². The van der Waals surface area contributed by atoms with E-state index in [0.29, 0.717) is 30.5 Å². The van der Waals surface area contributed by atoms with E-state index in [2.05, 4.69) is 15.6 Å². The van der Waals surface area contributed by atoms with E-state index in [0.717, 1.165) is 23.2 Å². The zero-order valence-corrected chi connectivity index (χ0v) is 18.3. The largest absolute Gasteiger partial charge is 0.497 e. The second kappa shape index (κ2) is 9.71. The Morgan fingerprint density at radius 2 is 1.93 bits per heavy atom. The Morgan fingerprint density at radius 1 is 1.13 bits per heavy atom. The number of anilines is 1. The summed E-state index contributed by atoms with van der Waals surface area (Å²) in [5, 5.41) is 6.25. The molecule has 1 aliphatic rings. The zero-order chi connectivity index (χ0) is 21.6. The highest BCUT2D eigenvalue weighted by Crippen LogP contribution is 2.29. The quantitative estimate of drug-likeness (QED) is 0.488. The van der Waals surface area contributed by atoms with E-state index in [1.54, 1.807) is 21.3 Å². The molecule has 0 aromatic heterocycles. The summed E-state index contributed by atoms with van der Waals surface area (Å²) in [5.74, 6) is 1.91. The Hall–Kier alpha value is -2.94. The first-order chi connectivity index (χ1) is 14.5. The summed E-state index contributed by atoms with van der Waals surface area (Å²) in [6.07, 6.45) is 0.746. The molecule has 30 heavy (non-hydrogen) atoms. The fourth-order valence-electron chi connectivity index (χ4n) is 3.40. The molecule has 0 saturated heterocycles. The van der Waals surface area contributed by atoms with E-state index < -0.39 is 10.0 Å². The third-order valence-electron chi connectivity index (χ3n) is 5.00. The number of methoxy groups -OCH3 is 2. The highest BCUT2D eigenvalue weighted by Gasteiger charge is 2.28. The van der Waals surface area contributed by atoms with E-state index in [1.165, 1.54) is 4.31 Å². The van der Waals surface area contributed by atoms with E-state index in [4.69, 9.17) is 9.47 Å². The molecular formula is C21H28N4O4S. The number of fused-ring (bicyclic) bond motifs is 1. The van der Waals surface area contributed by atoms with Crippen molar-refractivity contribution in [3.05, 3.63) is 53.6 Å². The van der Waals surface area contributed by atoms with Crippen LogP contribution in [0.4, 0.5) is 5.69 Å². The summed E-state index contributed by atoms with van der Waals surface area (Å²) >= 11 is 0. The predicted molar refractivity (Wildman–Crippen MR) is 119 cm³/mol. The molecule has 1 aliphatic heterocycles. The van der Waals surface area contributed by atoms with E-state index >= 15 is 0 Å². The molecule has 0 spiro atoms. The van der Waals surface area contributed by atoms with Crippen LogP contribution in [0.5, 0.6) is 11.5 Å². The van der Waals surface area contributed by atoms with E-state index in [9.17, 15) is 8.42 Å². The Kier molecular flexibility index (Phi) is 7.04. The molecule has 3 rings (SSSR count). The maximum absolute atomic E-state index is 12.8. The number of sulfonamides is 1. The molecule has 0 amide bonds. The van der Waals surface area contributed by atoms with Gasteiger partial charge in [0.2, 0.25) is 10.0 Å². The van der Waals surface area contributed by atoms with Gasteiger partial charge >= 0.3 is 0 Å². The van der Waals surface area contributed by atoms with Gasteiger partial charge in [0.25, 0.3) is 0 Å². The molecule has 9 heteroatoms. The Labute approximate surface area is 178 Å². The average molecular weight is 433 g/mol. The fourth-order valence-corrected chi connectivity index (χ4v) is 4.83. The highest BCUT2D eigenvalue weighted by molar-refractivity contribution is 7.92. The van der Waals surface area contributed by atoms with Crippen LogP contribution in [0.1, 0.15) is 11.1 Å². The van der Waals surface area contributed by atoms with Crippen LogP contribution in [-0.4, -0.2) is 54.5 Å². The number of hydrogen-bond acceptors (Lipinski definition) is 5. The SMILES string of the molecule is CN=C(NCCS(=O)(=O)N1CCc2ccccc21)NCc1ccc(OC)cc1OC. The van der Waals surface area contributed by atoms with Crippen molar-refractivity contribution in [1.82, 2.24) is 10.6 Å². The second-order valence-corrected chi connectivity index (χ2v) is 8.81. The molecule has 0 bridgehead atoms. The number of guanidine groups is 1. The lowest BCUT2D eigenvalue weighted by Gasteiger charge is -2.20. The first kappa shape index (κ1) is 21.8. The number of para-hydroxylation sites is 1. The number of benzene rings is 2. The van der Waals surface area contributed by atoms with E-state index in [-0.39, 0.29) is 12.3 Å². The van der Waals surface area contributed by atoms with Crippen LogP contribution in [0.15, 0.2) is 47.5 Å². The van der Waals surface area contributed by atoms with Crippen molar-refractivity contribution in [2.24, 2.45) is 4.99 Å². The third kappa shape index (κ3) is 4.96. The van der Waals surface area contributed by atoms with Gasteiger partial charge in [0.05, 0.1) is 25.7 Å². The van der Waals surface area contributed by atoms with Crippen molar-refractivity contribution in [2.45, 2.75) is 13.0 Å². The molecule has 0 unspecified atom stereocenters. The molecule has 2 aromatic carbocycles.